The largest absolute Gasteiger partial charge is 0.496 e. The van der Waals surface area contributed by atoms with Crippen molar-refractivity contribution in [3.63, 3.8) is 0 Å². The van der Waals surface area contributed by atoms with Crippen LogP contribution in [0.25, 0.3) is 0 Å². The average Bonchev–Trinajstić information content (AvgIpc) is 2.54. The van der Waals surface area contributed by atoms with Gasteiger partial charge in [0.15, 0.2) is 0 Å². The van der Waals surface area contributed by atoms with E-state index in [2.05, 4.69) is 20.7 Å². The normalized spacial score (nSPS) is 11.0. The second-order valence-electron chi connectivity index (χ2n) is 4.82. The van der Waals surface area contributed by atoms with Crippen LogP contribution in [0, 0.1) is 0 Å². The van der Waals surface area contributed by atoms with Crippen molar-refractivity contribution in [2.75, 3.05) is 18.4 Å². The van der Waals surface area contributed by atoms with Gasteiger partial charge in [0.2, 0.25) is 0 Å². The van der Waals surface area contributed by atoms with Crippen molar-refractivity contribution >= 4 is 49.2 Å². The van der Waals surface area contributed by atoms with E-state index in [0.29, 0.717) is 10.2 Å². The van der Waals surface area contributed by atoms with Crippen LogP contribution in [0.15, 0.2) is 45.8 Å². The minimum absolute atomic E-state index is 0.0470. The molecule has 0 heterocycles. The first kappa shape index (κ1) is 19.6. The molecule has 0 bridgehead atoms. The van der Waals surface area contributed by atoms with Gasteiger partial charge in [0.25, 0.3) is 10.0 Å². The third-order valence-electron chi connectivity index (χ3n) is 3.15. The molecular formula is C16H15BrClNO5S. The molecule has 25 heavy (non-hydrogen) atoms. The third kappa shape index (κ3) is 4.65. The molecule has 0 spiro atoms. The van der Waals surface area contributed by atoms with Crippen LogP contribution in [0.4, 0.5) is 5.69 Å². The summed E-state index contributed by atoms with van der Waals surface area (Å²) in [6.45, 7) is 1.90. The first-order valence-electron chi connectivity index (χ1n) is 7.11. The summed E-state index contributed by atoms with van der Waals surface area (Å²) in [5, 5.41) is 0.0922. The Morgan fingerprint density at radius 1 is 1.24 bits per heavy atom. The lowest BCUT2D eigenvalue weighted by molar-refractivity contribution is 0.0526. The number of benzene rings is 2. The molecule has 6 nitrogen and oxygen atoms in total. The van der Waals surface area contributed by atoms with E-state index in [-0.39, 0.29) is 27.8 Å². The van der Waals surface area contributed by atoms with E-state index in [1.54, 1.807) is 6.92 Å². The Bertz CT molecular complexity index is 901. The molecule has 0 aliphatic carbocycles. The zero-order valence-corrected chi connectivity index (χ0v) is 16.5. The average molecular weight is 449 g/mol. The molecule has 0 saturated heterocycles. The Kier molecular flexibility index (Phi) is 6.31. The van der Waals surface area contributed by atoms with Gasteiger partial charge in [0, 0.05) is 0 Å². The van der Waals surface area contributed by atoms with Crippen molar-refractivity contribution in [1.82, 2.24) is 0 Å². The van der Waals surface area contributed by atoms with Crippen molar-refractivity contribution in [2.45, 2.75) is 11.8 Å². The molecule has 0 aliphatic heterocycles. The van der Waals surface area contributed by atoms with Gasteiger partial charge < -0.3 is 9.47 Å². The number of rotatable bonds is 6. The van der Waals surface area contributed by atoms with Crippen molar-refractivity contribution in [2.24, 2.45) is 0 Å². The highest BCUT2D eigenvalue weighted by molar-refractivity contribution is 9.10. The number of esters is 1. The number of anilines is 1. The van der Waals surface area contributed by atoms with Crippen molar-refractivity contribution in [3.8, 4) is 5.75 Å². The van der Waals surface area contributed by atoms with Crippen molar-refractivity contribution < 1.29 is 22.7 Å². The maximum Gasteiger partial charge on any atom is 0.339 e. The second-order valence-corrected chi connectivity index (χ2v) is 7.76. The molecule has 0 aromatic heterocycles. The summed E-state index contributed by atoms with van der Waals surface area (Å²) < 4.78 is 37.8. The minimum atomic E-state index is -3.83. The lowest BCUT2D eigenvalue weighted by atomic mass is 10.2. The minimum Gasteiger partial charge on any atom is -0.496 e. The van der Waals surface area contributed by atoms with E-state index in [4.69, 9.17) is 21.1 Å². The molecule has 2 rings (SSSR count). The highest BCUT2D eigenvalue weighted by Gasteiger charge is 2.18. The number of hydrogen-bond acceptors (Lipinski definition) is 5. The second kappa shape index (κ2) is 8.07. The third-order valence-corrected chi connectivity index (χ3v) is 5.46. The van der Waals surface area contributed by atoms with Crippen LogP contribution in [0.2, 0.25) is 5.02 Å². The summed E-state index contributed by atoms with van der Waals surface area (Å²) in [5.74, 6) is -0.0539. The van der Waals surface area contributed by atoms with E-state index in [1.807, 2.05) is 0 Å². The molecule has 0 amide bonds. The summed E-state index contributed by atoms with van der Waals surface area (Å²) >= 11 is 9.29. The highest BCUT2D eigenvalue weighted by Crippen LogP contribution is 2.29. The van der Waals surface area contributed by atoms with Gasteiger partial charge in [-0.3, -0.25) is 4.72 Å². The molecule has 1 N–H and O–H groups in total. The predicted molar refractivity (Wildman–Crippen MR) is 98.9 cm³/mol. The van der Waals surface area contributed by atoms with Crippen LogP contribution in [0.3, 0.4) is 0 Å². The monoisotopic (exact) mass is 447 g/mol. The summed E-state index contributed by atoms with van der Waals surface area (Å²) in [4.78, 5) is 11.8. The van der Waals surface area contributed by atoms with E-state index in [1.165, 1.54) is 43.5 Å². The quantitative estimate of drug-likeness (QED) is 0.673. The molecule has 134 valence electrons. The number of carbonyl (C=O) groups excluding carboxylic acids is 1. The number of hydrogen-bond donors (Lipinski definition) is 1. The number of sulfonamides is 1. The zero-order chi connectivity index (χ0) is 18.6. The van der Waals surface area contributed by atoms with Crippen molar-refractivity contribution in [1.29, 1.82) is 0 Å². The maximum atomic E-state index is 12.5. The lowest BCUT2D eigenvalue weighted by Gasteiger charge is -2.11. The summed E-state index contributed by atoms with van der Waals surface area (Å²) in [6.07, 6.45) is 0. The van der Waals surface area contributed by atoms with E-state index in [9.17, 15) is 13.2 Å². The summed E-state index contributed by atoms with van der Waals surface area (Å²) in [7, 11) is -2.35. The fourth-order valence-electron chi connectivity index (χ4n) is 1.98. The molecular weight excluding hydrogens is 434 g/mol. The van der Waals surface area contributed by atoms with Crippen LogP contribution in [0.1, 0.15) is 17.3 Å². The number of halogens is 2. The topological polar surface area (TPSA) is 81.7 Å². The first-order valence-corrected chi connectivity index (χ1v) is 9.77. The van der Waals surface area contributed by atoms with Gasteiger partial charge in [-0.15, -0.1) is 0 Å². The Labute approximate surface area is 159 Å². The van der Waals surface area contributed by atoms with Crippen LogP contribution in [-0.4, -0.2) is 28.1 Å². The van der Waals surface area contributed by atoms with Crippen LogP contribution in [-0.2, 0) is 14.8 Å². The molecule has 2 aromatic rings. The summed E-state index contributed by atoms with van der Waals surface area (Å²) in [6, 6.07) is 8.58. The number of methoxy groups -OCH3 is 1. The van der Waals surface area contributed by atoms with Gasteiger partial charge in [0.1, 0.15) is 5.75 Å². The molecule has 0 atom stereocenters. The lowest BCUT2D eigenvalue weighted by Crippen LogP contribution is -2.13. The molecule has 0 radical (unpaired) electrons. The standard InChI is InChI=1S/C16H15BrClNO5S/c1-3-24-16(20)12-6-4-10(8-14(12)18)19-25(21,22)11-5-7-15(23-2)13(17)9-11/h4-9,19H,3H2,1-2H3. The zero-order valence-electron chi connectivity index (χ0n) is 13.4. The van der Waals surface area contributed by atoms with Gasteiger partial charge in [-0.25, -0.2) is 13.2 Å². The fourth-order valence-corrected chi connectivity index (χ4v) is 4.01. The molecule has 9 heteroatoms. The smallest absolute Gasteiger partial charge is 0.339 e. The highest BCUT2D eigenvalue weighted by atomic mass is 79.9. The van der Waals surface area contributed by atoms with Crippen LogP contribution >= 0.6 is 27.5 Å². The Morgan fingerprint density at radius 3 is 2.52 bits per heavy atom. The molecule has 0 fully saturated rings. The van der Waals surface area contributed by atoms with E-state index >= 15 is 0 Å². The van der Waals surface area contributed by atoms with Gasteiger partial charge in [-0.05, 0) is 59.3 Å². The SMILES string of the molecule is CCOC(=O)c1ccc(NS(=O)(=O)c2ccc(OC)c(Br)c2)cc1Cl. The van der Waals surface area contributed by atoms with Gasteiger partial charge >= 0.3 is 5.97 Å². The van der Waals surface area contributed by atoms with E-state index < -0.39 is 16.0 Å². The number of nitrogens with one attached hydrogen (secondary N) is 1. The molecule has 0 saturated carbocycles. The Hall–Kier alpha value is -1.77. The molecule has 0 unspecified atom stereocenters. The van der Waals surface area contributed by atoms with Crippen molar-refractivity contribution in [3.05, 3.63) is 51.5 Å². The fraction of sp³-hybridized carbons (Fsp3) is 0.188. The number of carbonyl (C=O) groups is 1. The molecule has 0 aliphatic rings. The van der Waals surface area contributed by atoms with Crippen LogP contribution < -0.4 is 9.46 Å². The maximum absolute atomic E-state index is 12.5. The van der Waals surface area contributed by atoms with Gasteiger partial charge in [-0.1, -0.05) is 11.6 Å². The van der Waals surface area contributed by atoms with E-state index in [0.717, 1.165) is 0 Å². The summed E-state index contributed by atoms with van der Waals surface area (Å²) in [5.41, 5.74) is 0.392. The number of ether oxygens (including phenoxy) is 2. The molecule has 2 aromatic carbocycles. The van der Waals surface area contributed by atoms with Gasteiger partial charge in [0.05, 0.1) is 39.4 Å². The Balaban J connectivity index is 2.27. The van der Waals surface area contributed by atoms with Gasteiger partial charge in [-0.2, -0.15) is 0 Å². The van der Waals surface area contributed by atoms with Crippen LogP contribution in [0.5, 0.6) is 5.75 Å². The Morgan fingerprint density at radius 2 is 1.96 bits per heavy atom. The first-order chi connectivity index (χ1) is 11.8. The predicted octanol–water partition coefficient (Wildman–Crippen LogP) is 4.09.